The summed E-state index contributed by atoms with van der Waals surface area (Å²) in [6.07, 6.45) is 6.17. The van der Waals surface area contributed by atoms with Crippen LogP contribution in [0.4, 0.5) is 0 Å². The molecule has 4 heteroatoms. The van der Waals surface area contributed by atoms with Crippen LogP contribution in [-0.4, -0.2) is 37.0 Å². The molecule has 3 nitrogen and oxygen atoms in total. The Morgan fingerprint density at radius 1 is 1.30 bits per heavy atom. The van der Waals surface area contributed by atoms with Crippen LogP contribution in [0.5, 0.6) is 0 Å². The highest BCUT2D eigenvalue weighted by atomic mass is 35.5. The fraction of sp³-hybridized carbons (Fsp3) is 0.526. The second kappa shape index (κ2) is 7.98. The third-order valence-corrected chi connectivity index (χ3v) is 5.26. The highest BCUT2D eigenvalue weighted by molar-refractivity contribution is 5.85. The first-order valence-electron chi connectivity index (χ1n) is 8.39. The monoisotopic (exact) mass is 334 g/mol. The summed E-state index contributed by atoms with van der Waals surface area (Å²) < 4.78 is 0. The van der Waals surface area contributed by atoms with Crippen LogP contribution in [0, 0.1) is 11.3 Å². The van der Waals surface area contributed by atoms with Gasteiger partial charge in [0.25, 0.3) is 0 Å². The lowest BCUT2D eigenvalue weighted by Gasteiger charge is -2.26. The molecular formula is C19H27ClN2O. The van der Waals surface area contributed by atoms with E-state index in [1.165, 1.54) is 5.56 Å². The van der Waals surface area contributed by atoms with Gasteiger partial charge in [0.2, 0.25) is 5.91 Å². The Morgan fingerprint density at radius 3 is 2.65 bits per heavy atom. The molecular weight excluding hydrogens is 308 g/mol. The summed E-state index contributed by atoms with van der Waals surface area (Å²) in [6, 6.07) is 10.4. The Bertz CT molecular complexity index is 525. The largest absolute Gasteiger partial charge is 0.338 e. The van der Waals surface area contributed by atoms with Crippen LogP contribution in [0.1, 0.15) is 24.8 Å². The molecule has 1 unspecified atom stereocenters. The number of rotatable bonds is 6. The van der Waals surface area contributed by atoms with Crippen molar-refractivity contribution in [3.05, 3.63) is 48.6 Å². The van der Waals surface area contributed by atoms with E-state index in [0.717, 1.165) is 45.3 Å². The third-order valence-electron chi connectivity index (χ3n) is 5.26. The van der Waals surface area contributed by atoms with Crippen molar-refractivity contribution < 1.29 is 4.79 Å². The van der Waals surface area contributed by atoms with Crippen molar-refractivity contribution in [2.24, 2.45) is 11.3 Å². The number of halogens is 1. The van der Waals surface area contributed by atoms with Crippen molar-refractivity contribution >= 4 is 18.3 Å². The summed E-state index contributed by atoms with van der Waals surface area (Å²) in [5, 5.41) is 3.40. The van der Waals surface area contributed by atoms with Gasteiger partial charge in [-0.3, -0.25) is 4.79 Å². The van der Waals surface area contributed by atoms with E-state index < -0.39 is 0 Å². The average Bonchev–Trinajstić information content (AvgIpc) is 3.25. The van der Waals surface area contributed by atoms with Crippen molar-refractivity contribution in [1.29, 1.82) is 0 Å². The third kappa shape index (κ3) is 4.15. The molecule has 1 amide bonds. The Hall–Kier alpha value is -1.32. The SMILES string of the molecule is C=CCN(CCc1ccccc1)C(=O)C1CC12CCNCC2.Cl. The van der Waals surface area contributed by atoms with Crippen molar-refractivity contribution in [2.45, 2.75) is 25.7 Å². The molecule has 2 fully saturated rings. The molecule has 1 saturated carbocycles. The molecule has 1 N–H and O–H groups in total. The van der Waals surface area contributed by atoms with Gasteiger partial charge in [-0.2, -0.15) is 0 Å². The van der Waals surface area contributed by atoms with Crippen LogP contribution >= 0.6 is 12.4 Å². The quantitative estimate of drug-likeness (QED) is 0.811. The number of carbonyl (C=O) groups is 1. The molecule has 1 aromatic carbocycles. The van der Waals surface area contributed by atoms with Crippen LogP contribution in [0.2, 0.25) is 0 Å². The zero-order valence-corrected chi connectivity index (χ0v) is 14.5. The molecule has 3 rings (SSSR count). The zero-order valence-electron chi connectivity index (χ0n) is 13.7. The van der Waals surface area contributed by atoms with Gasteiger partial charge in [-0.1, -0.05) is 36.4 Å². The van der Waals surface area contributed by atoms with E-state index in [1.54, 1.807) is 0 Å². The van der Waals surface area contributed by atoms with E-state index in [4.69, 9.17) is 0 Å². The molecule has 1 saturated heterocycles. The topological polar surface area (TPSA) is 32.3 Å². The maximum atomic E-state index is 12.8. The van der Waals surface area contributed by atoms with Gasteiger partial charge >= 0.3 is 0 Å². The predicted octanol–water partition coefficient (Wildman–Crippen LogP) is 3.06. The van der Waals surface area contributed by atoms with Crippen molar-refractivity contribution in [1.82, 2.24) is 10.2 Å². The Balaban J connectivity index is 0.00000192. The first-order valence-corrected chi connectivity index (χ1v) is 8.39. The summed E-state index contributed by atoms with van der Waals surface area (Å²) in [5.41, 5.74) is 1.60. The molecule has 1 atom stereocenters. The number of hydrogen-bond acceptors (Lipinski definition) is 2. The van der Waals surface area contributed by atoms with Gasteiger partial charge in [-0.25, -0.2) is 0 Å². The molecule has 2 aliphatic rings. The molecule has 23 heavy (non-hydrogen) atoms. The number of amides is 1. The first kappa shape index (κ1) is 18.0. The molecule has 0 bridgehead atoms. The number of hydrogen-bond donors (Lipinski definition) is 1. The van der Waals surface area contributed by atoms with Crippen molar-refractivity contribution in [3.63, 3.8) is 0 Å². The smallest absolute Gasteiger partial charge is 0.226 e. The minimum absolute atomic E-state index is 0. The predicted molar refractivity (Wildman–Crippen MR) is 96.8 cm³/mol. The van der Waals surface area contributed by atoms with Crippen LogP contribution in [0.25, 0.3) is 0 Å². The van der Waals surface area contributed by atoms with Gasteiger partial charge in [0.1, 0.15) is 0 Å². The first-order chi connectivity index (χ1) is 10.7. The van der Waals surface area contributed by atoms with Crippen LogP contribution in [0.3, 0.4) is 0 Å². The summed E-state index contributed by atoms with van der Waals surface area (Å²) in [5.74, 6) is 0.600. The Labute approximate surface area is 145 Å². The van der Waals surface area contributed by atoms with E-state index in [2.05, 4.69) is 36.2 Å². The van der Waals surface area contributed by atoms with Crippen LogP contribution < -0.4 is 5.32 Å². The normalized spacial score (nSPS) is 21.3. The number of carbonyl (C=O) groups excluding carboxylic acids is 1. The Morgan fingerprint density at radius 2 is 2.00 bits per heavy atom. The lowest BCUT2D eigenvalue weighted by Crippen LogP contribution is -2.37. The van der Waals surface area contributed by atoms with E-state index >= 15 is 0 Å². The van der Waals surface area contributed by atoms with Gasteiger partial charge in [-0.15, -0.1) is 19.0 Å². The average molecular weight is 335 g/mol. The molecule has 1 aromatic rings. The second-order valence-corrected chi connectivity index (χ2v) is 6.68. The zero-order chi connectivity index (χ0) is 15.4. The summed E-state index contributed by atoms with van der Waals surface area (Å²) in [6.45, 7) is 7.40. The lowest BCUT2D eigenvalue weighted by molar-refractivity contribution is -0.133. The molecule has 1 spiro atoms. The second-order valence-electron chi connectivity index (χ2n) is 6.68. The Kier molecular flexibility index (Phi) is 6.25. The van der Waals surface area contributed by atoms with Crippen molar-refractivity contribution in [3.8, 4) is 0 Å². The maximum absolute atomic E-state index is 12.8. The molecule has 1 aliphatic heterocycles. The summed E-state index contributed by atoms with van der Waals surface area (Å²) >= 11 is 0. The fourth-order valence-corrected chi connectivity index (χ4v) is 3.75. The molecule has 1 heterocycles. The van der Waals surface area contributed by atoms with Crippen LogP contribution in [0.15, 0.2) is 43.0 Å². The summed E-state index contributed by atoms with van der Waals surface area (Å²) in [4.78, 5) is 14.8. The number of benzene rings is 1. The standard InChI is InChI=1S/C19H26N2O.ClH/c1-2-13-21(14-8-16-6-4-3-5-7-16)18(22)17-15-19(17)9-11-20-12-10-19;/h2-7,17,20H,1,8-15H2;1H. The van der Waals surface area contributed by atoms with Gasteiger partial charge in [-0.05, 0) is 49.8 Å². The van der Waals surface area contributed by atoms with Crippen LogP contribution in [-0.2, 0) is 11.2 Å². The fourth-order valence-electron chi connectivity index (χ4n) is 3.75. The highest BCUT2D eigenvalue weighted by Crippen LogP contribution is 2.59. The minimum atomic E-state index is 0. The van der Waals surface area contributed by atoms with Gasteiger partial charge < -0.3 is 10.2 Å². The van der Waals surface area contributed by atoms with Crippen molar-refractivity contribution in [2.75, 3.05) is 26.2 Å². The summed E-state index contributed by atoms with van der Waals surface area (Å²) in [7, 11) is 0. The van der Waals surface area contributed by atoms with E-state index in [9.17, 15) is 4.79 Å². The van der Waals surface area contributed by atoms with Gasteiger partial charge in [0, 0.05) is 19.0 Å². The van der Waals surface area contributed by atoms with E-state index in [-0.39, 0.29) is 18.3 Å². The molecule has 0 aromatic heterocycles. The molecule has 126 valence electrons. The highest BCUT2D eigenvalue weighted by Gasteiger charge is 2.58. The number of nitrogens with one attached hydrogen (secondary N) is 1. The molecule has 1 aliphatic carbocycles. The van der Waals surface area contributed by atoms with E-state index in [0.29, 0.717) is 17.9 Å². The van der Waals surface area contributed by atoms with E-state index in [1.807, 2.05) is 17.0 Å². The minimum Gasteiger partial charge on any atom is -0.338 e. The number of piperidine rings is 1. The lowest BCUT2D eigenvalue weighted by atomic mass is 9.91. The molecule has 0 radical (unpaired) electrons. The maximum Gasteiger partial charge on any atom is 0.226 e. The number of nitrogens with zero attached hydrogens (tertiary/aromatic N) is 1. The van der Waals surface area contributed by atoms with Gasteiger partial charge in [0.05, 0.1) is 0 Å². The van der Waals surface area contributed by atoms with Gasteiger partial charge in [0.15, 0.2) is 0 Å².